The number of ether oxygens (including phenoxy) is 1. The second-order valence-electron chi connectivity index (χ2n) is 8.46. The molecule has 1 aliphatic rings. The van der Waals surface area contributed by atoms with Crippen LogP contribution in [0.1, 0.15) is 63.7 Å². The molecular formula is C24H31NO2. The molecule has 3 atom stereocenters. The predicted octanol–water partition coefficient (Wildman–Crippen LogP) is 5.54. The Balaban J connectivity index is 1.95. The van der Waals surface area contributed by atoms with Gasteiger partial charge in [-0.05, 0) is 58.2 Å². The number of likely N-dealkylation sites (tertiary alicyclic amines) is 1. The van der Waals surface area contributed by atoms with Gasteiger partial charge in [-0.1, -0.05) is 60.7 Å². The van der Waals surface area contributed by atoms with Gasteiger partial charge < -0.3 is 4.74 Å². The summed E-state index contributed by atoms with van der Waals surface area (Å²) in [5, 5.41) is 0. The van der Waals surface area contributed by atoms with Gasteiger partial charge in [-0.3, -0.25) is 9.69 Å². The van der Waals surface area contributed by atoms with Crippen molar-refractivity contribution in [3.05, 3.63) is 71.8 Å². The van der Waals surface area contributed by atoms with Crippen molar-refractivity contribution in [1.29, 1.82) is 0 Å². The van der Waals surface area contributed by atoms with Gasteiger partial charge in [0.15, 0.2) is 0 Å². The van der Waals surface area contributed by atoms with Crippen LogP contribution in [0.4, 0.5) is 0 Å². The second-order valence-corrected chi connectivity index (χ2v) is 8.46. The van der Waals surface area contributed by atoms with Crippen LogP contribution in [0.15, 0.2) is 60.7 Å². The first-order valence-corrected chi connectivity index (χ1v) is 9.95. The first-order chi connectivity index (χ1) is 12.9. The molecule has 0 spiro atoms. The van der Waals surface area contributed by atoms with Crippen LogP contribution in [0.3, 0.4) is 0 Å². The number of rotatable bonds is 4. The average Bonchev–Trinajstić information content (AvgIpc) is 2.67. The molecule has 27 heavy (non-hydrogen) atoms. The zero-order valence-corrected chi connectivity index (χ0v) is 16.9. The van der Waals surface area contributed by atoms with Crippen molar-refractivity contribution in [2.75, 3.05) is 6.54 Å². The highest BCUT2D eigenvalue weighted by molar-refractivity contribution is 5.74. The Bertz CT molecular complexity index is 736. The average molecular weight is 366 g/mol. The Morgan fingerprint density at radius 2 is 1.63 bits per heavy atom. The fourth-order valence-electron chi connectivity index (χ4n) is 4.08. The van der Waals surface area contributed by atoms with E-state index in [0.29, 0.717) is 0 Å². The van der Waals surface area contributed by atoms with Crippen molar-refractivity contribution in [3.63, 3.8) is 0 Å². The normalized spacial score (nSPS) is 22.2. The molecule has 144 valence electrons. The maximum Gasteiger partial charge on any atom is 0.311 e. The summed E-state index contributed by atoms with van der Waals surface area (Å²) in [6.45, 7) is 9.04. The van der Waals surface area contributed by atoms with Gasteiger partial charge in [0.2, 0.25) is 0 Å². The zero-order valence-electron chi connectivity index (χ0n) is 16.9. The summed E-state index contributed by atoms with van der Waals surface area (Å²) < 4.78 is 5.80. The number of carbonyl (C=O) groups is 1. The third-order valence-corrected chi connectivity index (χ3v) is 5.30. The molecule has 1 aliphatic heterocycles. The number of piperidine rings is 1. The Hall–Kier alpha value is -2.13. The molecule has 0 amide bonds. The maximum atomic E-state index is 13.1. The van der Waals surface area contributed by atoms with Gasteiger partial charge in [0.1, 0.15) is 5.60 Å². The maximum absolute atomic E-state index is 13.1. The van der Waals surface area contributed by atoms with Gasteiger partial charge in [0, 0.05) is 12.1 Å². The molecule has 3 heteroatoms. The van der Waals surface area contributed by atoms with Crippen molar-refractivity contribution >= 4 is 5.97 Å². The molecule has 0 radical (unpaired) electrons. The standard InChI is InChI=1S/C24H31NO2/c1-18(19-12-7-5-8-13-19)25-17-11-16-21(23(26)27-24(2,3)4)22(25)20-14-9-6-10-15-20/h5-10,12-15,18,21-22H,11,16-17H2,1-4H3/t18-,21+,22-/m1/s1. The molecule has 0 saturated carbocycles. The van der Waals surface area contributed by atoms with Gasteiger partial charge in [0.25, 0.3) is 0 Å². The zero-order chi connectivity index (χ0) is 19.4. The van der Waals surface area contributed by atoms with E-state index in [2.05, 4.69) is 60.4 Å². The van der Waals surface area contributed by atoms with Crippen molar-refractivity contribution < 1.29 is 9.53 Å². The molecule has 1 saturated heterocycles. The molecule has 0 bridgehead atoms. The van der Waals surface area contributed by atoms with Crippen LogP contribution in [0.25, 0.3) is 0 Å². The third kappa shape index (κ3) is 4.78. The fourth-order valence-corrected chi connectivity index (χ4v) is 4.08. The third-order valence-electron chi connectivity index (χ3n) is 5.30. The molecule has 3 rings (SSSR count). The van der Waals surface area contributed by atoms with Crippen molar-refractivity contribution in [2.24, 2.45) is 5.92 Å². The van der Waals surface area contributed by atoms with Crippen molar-refractivity contribution in [2.45, 2.75) is 58.2 Å². The number of hydrogen-bond acceptors (Lipinski definition) is 3. The van der Waals surface area contributed by atoms with Crippen molar-refractivity contribution in [1.82, 2.24) is 4.90 Å². The Morgan fingerprint density at radius 1 is 1.04 bits per heavy atom. The van der Waals surface area contributed by atoms with E-state index in [1.807, 2.05) is 32.9 Å². The highest BCUT2D eigenvalue weighted by atomic mass is 16.6. The topological polar surface area (TPSA) is 29.5 Å². The summed E-state index contributed by atoms with van der Waals surface area (Å²) in [5.74, 6) is -0.229. The second kappa shape index (κ2) is 8.26. The lowest BCUT2D eigenvalue weighted by atomic mass is 9.83. The first-order valence-electron chi connectivity index (χ1n) is 9.95. The molecule has 2 aromatic carbocycles. The minimum Gasteiger partial charge on any atom is -0.460 e. The number of carbonyl (C=O) groups excluding carboxylic acids is 1. The molecule has 0 aromatic heterocycles. The Labute approximate surface area is 163 Å². The number of esters is 1. The van der Waals surface area contributed by atoms with Gasteiger partial charge in [-0.25, -0.2) is 0 Å². The smallest absolute Gasteiger partial charge is 0.311 e. The molecule has 0 N–H and O–H groups in total. The molecule has 3 nitrogen and oxygen atoms in total. The molecule has 0 aliphatic carbocycles. The van der Waals surface area contributed by atoms with Crippen LogP contribution in [0.5, 0.6) is 0 Å². The molecular weight excluding hydrogens is 334 g/mol. The van der Waals surface area contributed by atoms with E-state index < -0.39 is 5.60 Å². The summed E-state index contributed by atoms with van der Waals surface area (Å²) >= 11 is 0. The highest BCUT2D eigenvalue weighted by Crippen LogP contribution is 2.42. The lowest BCUT2D eigenvalue weighted by molar-refractivity contribution is -0.165. The van der Waals surface area contributed by atoms with Crippen LogP contribution < -0.4 is 0 Å². The Kier molecular flexibility index (Phi) is 6.01. The number of hydrogen-bond donors (Lipinski definition) is 0. The van der Waals surface area contributed by atoms with E-state index in [-0.39, 0.29) is 24.0 Å². The van der Waals surface area contributed by atoms with Crippen molar-refractivity contribution in [3.8, 4) is 0 Å². The quantitative estimate of drug-likeness (QED) is 0.666. The summed E-state index contributed by atoms with van der Waals surface area (Å²) in [5.41, 5.74) is 2.00. The lowest BCUT2D eigenvalue weighted by Gasteiger charge is -2.44. The van der Waals surface area contributed by atoms with E-state index in [1.165, 1.54) is 11.1 Å². The minimum absolute atomic E-state index is 0.0324. The van der Waals surface area contributed by atoms with E-state index in [0.717, 1.165) is 19.4 Å². The summed E-state index contributed by atoms with van der Waals surface area (Å²) in [4.78, 5) is 15.5. The molecule has 0 unspecified atom stereocenters. The monoisotopic (exact) mass is 365 g/mol. The van der Waals surface area contributed by atoms with Gasteiger partial charge in [0.05, 0.1) is 5.92 Å². The predicted molar refractivity (Wildman–Crippen MR) is 109 cm³/mol. The highest BCUT2D eigenvalue weighted by Gasteiger charge is 2.41. The fraction of sp³-hybridized carbons (Fsp3) is 0.458. The number of nitrogens with zero attached hydrogens (tertiary/aromatic N) is 1. The van der Waals surface area contributed by atoms with Crippen LogP contribution in [0.2, 0.25) is 0 Å². The van der Waals surface area contributed by atoms with Crippen LogP contribution in [-0.2, 0) is 9.53 Å². The summed E-state index contributed by atoms with van der Waals surface area (Å²) in [7, 11) is 0. The van der Waals surface area contributed by atoms with Gasteiger partial charge in [-0.2, -0.15) is 0 Å². The molecule has 2 aromatic rings. The summed E-state index contributed by atoms with van der Waals surface area (Å²) in [6.07, 6.45) is 1.87. The van der Waals surface area contributed by atoms with Crippen LogP contribution in [-0.4, -0.2) is 23.0 Å². The van der Waals surface area contributed by atoms with E-state index >= 15 is 0 Å². The van der Waals surface area contributed by atoms with E-state index in [9.17, 15) is 4.79 Å². The molecule has 1 heterocycles. The number of benzene rings is 2. The van der Waals surface area contributed by atoms with Gasteiger partial charge >= 0.3 is 5.97 Å². The van der Waals surface area contributed by atoms with Crippen LogP contribution >= 0.6 is 0 Å². The SMILES string of the molecule is C[C@H](c1ccccc1)N1CCC[C@H](C(=O)OC(C)(C)C)[C@H]1c1ccccc1. The minimum atomic E-state index is -0.467. The van der Waals surface area contributed by atoms with E-state index in [4.69, 9.17) is 4.74 Å². The molecule has 1 fully saturated rings. The first kappa shape index (κ1) is 19.6. The summed E-state index contributed by atoms with van der Waals surface area (Å²) in [6, 6.07) is 21.2. The Morgan fingerprint density at radius 3 is 2.22 bits per heavy atom. The van der Waals surface area contributed by atoms with Crippen LogP contribution in [0, 0.1) is 5.92 Å². The van der Waals surface area contributed by atoms with Gasteiger partial charge in [-0.15, -0.1) is 0 Å². The van der Waals surface area contributed by atoms with E-state index in [1.54, 1.807) is 0 Å². The lowest BCUT2D eigenvalue weighted by Crippen LogP contribution is -2.44. The largest absolute Gasteiger partial charge is 0.460 e.